The van der Waals surface area contributed by atoms with Crippen LogP contribution in [0.25, 0.3) is 0 Å². The Hall–Kier alpha value is -2.17. The molecule has 1 atom stereocenters. The van der Waals surface area contributed by atoms with Crippen molar-refractivity contribution in [2.75, 3.05) is 6.54 Å². The number of hydrogen-bond donors (Lipinski definition) is 0. The molecule has 5 nitrogen and oxygen atoms in total. The predicted molar refractivity (Wildman–Crippen MR) is 91.8 cm³/mol. The summed E-state index contributed by atoms with van der Waals surface area (Å²) in [6.45, 7) is 3.82. The van der Waals surface area contributed by atoms with Crippen LogP contribution in [0.15, 0.2) is 24.3 Å². The average Bonchev–Trinajstić information content (AvgIpc) is 3.15. The molecule has 3 heterocycles. The van der Waals surface area contributed by atoms with Gasteiger partial charge in [-0.1, -0.05) is 24.1 Å². The van der Waals surface area contributed by atoms with Crippen molar-refractivity contribution in [2.45, 2.75) is 58.0 Å². The van der Waals surface area contributed by atoms with Gasteiger partial charge in [-0.2, -0.15) is 0 Å². The van der Waals surface area contributed by atoms with Crippen molar-refractivity contribution in [2.24, 2.45) is 0 Å². The standard InChI is InChI=1S/C19H24N4O/c1-14-7-5-8-15(13-14)19(24)22-12-6-9-16(22)18-21-20-17-10-3-2-4-11-23(17)18/h5,7-8,13,16H,2-4,6,9-12H2,1H3. The molecule has 126 valence electrons. The number of aromatic nitrogens is 3. The molecule has 0 bridgehead atoms. The van der Waals surface area contributed by atoms with E-state index in [0.717, 1.165) is 55.1 Å². The summed E-state index contributed by atoms with van der Waals surface area (Å²) in [5, 5.41) is 8.90. The van der Waals surface area contributed by atoms with Crippen molar-refractivity contribution in [3.8, 4) is 0 Å². The van der Waals surface area contributed by atoms with Gasteiger partial charge in [-0.15, -0.1) is 10.2 Å². The first kappa shape index (κ1) is 15.4. The van der Waals surface area contributed by atoms with E-state index in [0.29, 0.717) is 0 Å². The fraction of sp³-hybridized carbons (Fsp3) is 0.526. The largest absolute Gasteiger partial charge is 0.328 e. The minimum absolute atomic E-state index is 0.0670. The molecule has 1 unspecified atom stereocenters. The van der Waals surface area contributed by atoms with E-state index < -0.39 is 0 Å². The summed E-state index contributed by atoms with van der Waals surface area (Å²) in [6.07, 6.45) is 6.64. The maximum atomic E-state index is 13.0. The second-order valence-corrected chi connectivity index (χ2v) is 6.96. The molecule has 0 saturated carbocycles. The molecular formula is C19H24N4O. The van der Waals surface area contributed by atoms with Gasteiger partial charge in [0.15, 0.2) is 5.82 Å². The topological polar surface area (TPSA) is 51.0 Å². The summed E-state index contributed by atoms with van der Waals surface area (Å²) in [4.78, 5) is 15.0. The molecule has 0 spiro atoms. The number of amides is 1. The molecule has 2 aliphatic heterocycles. The average molecular weight is 324 g/mol. The first-order valence-corrected chi connectivity index (χ1v) is 9.03. The van der Waals surface area contributed by atoms with Gasteiger partial charge in [0.2, 0.25) is 0 Å². The van der Waals surface area contributed by atoms with Crippen LogP contribution in [0, 0.1) is 6.92 Å². The van der Waals surface area contributed by atoms with E-state index in [2.05, 4.69) is 14.8 Å². The first-order valence-electron chi connectivity index (χ1n) is 9.03. The number of rotatable bonds is 2. The molecule has 1 amide bonds. The van der Waals surface area contributed by atoms with Crippen LogP contribution in [-0.2, 0) is 13.0 Å². The van der Waals surface area contributed by atoms with Crippen LogP contribution < -0.4 is 0 Å². The third-order valence-corrected chi connectivity index (χ3v) is 5.21. The Kier molecular flexibility index (Phi) is 4.08. The highest BCUT2D eigenvalue weighted by molar-refractivity contribution is 5.94. The van der Waals surface area contributed by atoms with Gasteiger partial charge in [0.05, 0.1) is 6.04 Å². The summed E-state index contributed by atoms with van der Waals surface area (Å²) in [5.41, 5.74) is 1.89. The van der Waals surface area contributed by atoms with E-state index in [-0.39, 0.29) is 11.9 Å². The van der Waals surface area contributed by atoms with E-state index in [1.54, 1.807) is 0 Å². The van der Waals surface area contributed by atoms with Gasteiger partial charge in [-0.3, -0.25) is 4.79 Å². The van der Waals surface area contributed by atoms with E-state index >= 15 is 0 Å². The zero-order chi connectivity index (χ0) is 16.5. The zero-order valence-electron chi connectivity index (χ0n) is 14.2. The van der Waals surface area contributed by atoms with Crippen molar-refractivity contribution in [1.82, 2.24) is 19.7 Å². The molecule has 0 N–H and O–H groups in total. The third kappa shape index (κ3) is 2.72. The van der Waals surface area contributed by atoms with Gasteiger partial charge < -0.3 is 9.47 Å². The van der Waals surface area contributed by atoms with Crippen LogP contribution in [0.1, 0.15) is 65.7 Å². The number of carbonyl (C=O) groups is 1. The summed E-state index contributed by atoms with van der Waals surface area (Å²) in [6, 6.07) is 7.93. The van der Waals surface area contributed by atoms with Crippen LogP contribution in [0.5, 0.6) is 0 Å². The van der Waals surface area contributed by atoms with Crippen molar-refractivity contribution >= 4 is 5.91 Å². The number of nitrogens with zero attached hydrogens (tertiary/aromatic N) is 4. The number of benzene rings is 1. The number of hydrogen-bond acceptors (Lipinski definition) is 3. The Bertz CT molecular complexity index is 752. The summed E-state index contributed by atoms with van der Waals surface area (Å²) < 4.78 is 2.28. The smallest absolute Gasteiger partial charge is 0.254 e. The van der Waals surface area contributed by atoms with Gasteiger partial charge in [-0.25, -0.2) is 0 Å². The van der Waals surface area contributed by atoms with Gasteiger partial charge in [0, 0.05) is 25.1 Å². The Balaban J connectivity index is 1.64. The number of aryl methyl sites for hydroxylation is 2. The SMILES string of the molecule is Cc1cccc(C(=O)N2CCCC2c2nnc3n2CCCCC3)c1. The number of fused-ring (bicyclic) bond motifs is 1. The van der Waals surface area contributed by atoms with Gasteiger partial charge in [-0.05, 0) is 44.7 Å². The number of likely N-dealkylation sites (tertiary alicyclic amines) is 1. The molecule has 4 rings (SSSR count). The predicted octanol–water partition coefficient (Wildman–Crippen LogP) is 3.29. The summed E-state index contributed by atoms with van der Waals surface area (Å²) >= 11 is 0. The third-order valence-electron chi connectivity index (χ3n) is 5.21. The Labute approximate surface area is 142 Å². The Morgan fingerprint density at radius 2 is 2.04 bits per heavy atom. The van der Waals surface area contributed by atoms with Crippen LogP contribution in [0.2, 0.25) is 0 Å². The maximum absolute atomic E-state index is 13.0. The fourth-order valence-corrected chi connectivity index (χ4v) is 3.98. The molecule has 0 radical (unpaired) electrons. The van der Waals surface area contributed by atoms with Crippen molar-refractivity contribution in [3.63, 3.8) is 0 Å². The first-order chi connectivity index (χ1) is 11.7. The molecule has 0 aliphatic carbocycles. The molecular weight excluding hydrogens is 300 g/mol. The second-order valence-electron chi connectivity index (χ2n) is 6.96. The molecule has 1 aromatic carbocycles. The molecule has 2 aromatic rings. The Morgan fingerprint density at radius 1 is 1.12 bits per heavy atom. The number of carbonyl (C=O) groups excluding carboxylic acids is 1. The molecule has 1 fully saturated rings. The lowest BCUT2D eigenvalue weighted by molar-refractivity contribution is 0.0727. The van der Waals surface area contributed by atoms with Crippen molar-refractivity contribution in [3.05, 3.63) is 47.0 Å². The minimum atomic E-state index is 0.0670. The van der Waals surface area contributed by atoms with Crippen LogP contribution in [0.3, 0.4) is 0 Å². The molecule has 24 heavy (non-hydrogen) atoms. The highest BCUT2D eigenvalue weighted by atomic mass is 16.2. The van der Waals surface area contributed by atoms with E-state index in [1.807, 2.05) is 36.1 Å². The lowest BCUT2D eigenvalue weighted by Crippen LogP contribution is -2.32. The van der Waals surface area contributed by atoms with Gasteiger partial charge >= 0.3 is 0 Å². The van der Waals surface area contributed by atoms with E-state index in [1.165, 1.54) is 19.3 Å². The van der Waals surface area contributed by atoms with Crippen LogP contribution >= 0.6 is 0 Å². The summed E-state index contributed by atoms with van der Waals surface area (Å²) in [5.74, 6) is 2.20. The quantitative estimate of drug-likeness (QED) is 0.852. The minimum Gasteiger partial charge on any atom is -0.328 e. The normalized spacial score (nSPS) is 20.7. The lowest BCUT2D eigenvalue weighted by Gasteiger charge is -2.25. The lowest BCUT2D eigenvalue weighted by atomic mass is 10.1. The Morgan fingerprint density at radius 3 is 2.92 bits per heavy atom. The monoisotopic (exact) mass is 324 g/mol. The molecule has 1 saturated heterocycles. The maximum Gasteiger partial charge on any atom is 0.254 e. The highest BCUT2D eigenvalue weighted by Crippen LogP contribution is 2.33. The second kappa shape index (κ2) is 6.38. The zero-order valence-corrected chi connectivity index (χ0v) is 14.2. The fourth-order valence-electron chi connectivity index (χ4n) is 3.98. The van der Waals surface area contributed by atoms with E-state index in [9.17, 15) is 4.79 Å². The van der Waals surface area contributed by atoms with Gasteiger partial charge in [0.25, 0.3) is 5.91 Å². The summed E-state index contributed by atoms with van der Waals surface area (Å²) in [7, 11) is 0. The van der Waals surface area contributed by atoms with Crippen LogP contribution in [0.4, 0.5) is 0 Å². The van der Waals surface area contributed by atoms with Crippen molar-refractivity contribution in [1.29, 1.82) is 0 Å². The van der Waals surface area contributed by atoms with Crippen LogP contribution in [-0.4, -0.2) is 32.1 Å². The molecule has 2 aliphatic rings. The molecule has 1 aromatic heterocycles. The highest BCUT2D eigenvalue weighted by Gasteiger charge is 2.34. The van der Waals surface area contributed by atoms with Gasteiger partial charge in [0.1, 0.15) is 5.82 Å². The van der Waals surface area contributed by atoms with E-state index in [4.69, 9.17) is 0 Å². The molecule has 5 heteroatoms. The van der Waals surface area contributed by atoms with Crippen molar-refractivity contribution < 1.29 is 4.79 Å².